The van der Waals surface area contributed by atoms with Crippen molar-refractivity contribution < 1.29 is 13.9 Å². The fraction of sp³-hybridized carbons (Fsp3) is 0.118. The molecule has 0 N–H and O–H groups in total. The van der Waals surface area contributed by atoms with Gasteiger partial charge in [0.25, 0.3) is 0 Å². The zero-order valence-electron chi connectivity index (χ0n) is 11.3. The lowest BCUT2D eigenvalue weighted by molar-refractivity contribution is 0.101. The van der Waals surface area contributed by atoms with E-state index in [-0.39, 0.29) is 5.78 Å². The fourth-order valence-corrected chi connectivity index (χ4v) is 2.34. The quantitative estimate of drug-likeness (QED) is 0.663. The first-order valence-electron chi connectivity index (χ1n) is 6.37. The number of methoxy groups -OCH3 is 1. The molecule has 0 radical (unpaired) electrons. The van der Waals surface area contributed by atoms with E-state index in [0.29, 0.717) is 11.3 Å². The van der Waals surface area contributed by atoms with Gasteiger partial charge >= 0.3 is 0 Å². The number of fused-ring (bicyclic) bond motifs is 1. The molecule has 0 unspecified atom stereocenters. The van der Waals surface area contributed by atoms with Crippen LogP contribution < -0.4 is 4.74 Å². The van der Waals surface area contributed by atoms with Crippen LogP contribution in [0.25, 0.3) is 22.3 Å². The number of carbonyl (C=O) groups excluding carboxylic acids is 1. The number of ether oxygens (including phenoxy) is 1. The highest BCUT2D eigenvalue weighted by molar-refractivity contribution is 6.11. The highest BCUT2D eigenvalue weighted by Gasteiger charge is 2.18. The molecule has 3 nitrogen and oxygen atoms in total. The third-order valence-corrected chi connectivity index (χ3v) is 3.30. The molecule has 3 rings (SSSR count). The van der Waals surface area contributed by atoms with Gasteiger partial charge in [-0.15, -0.1) is 0 Å². The van der Waals surface area contributed by atoms with Crippen LogP contribution in [0.1, 0.15) is 17.3 Å². The molecule has 3 aromatic rings. The summed E-state index contributed by atoms with van der Waals surface area (Å²) in [4.78, 5) is 12.0. The molecule has 20 heavy (non-hydrogen) atoms. The summed E-state index contributed by atoms with van der Waals surface area (Å²) in [5, 5.41) is 0.853. The van der Waals surface area contributed by atoms with E-state index in [9.17, 15) is 4.79 Å². The number of Topliss-reactive ketones (excluding diaryl/α,β-unsaturated/α-hetero) is 1. The predicted molar refractivity (Wildman–Crippen MR) is 78.2 cm³/mol. The van der Waals surface area contributed by atoms with Gasteiger partial charge in [0.1, 0.15) is 17.1 Å². The average Bonchev–Trinajstić information content (AvgIpc) is 2.86. The first-order chi connectivity index (χ1) is 9.70. The van der Waals surface area contributed by atoms with Crippen LogP contribution in [0, 0.1) is 0 Å². The summed E-state index contributed by atoms with van der Waals surface area (Å²) in [7, 11) is 1.62. The van der Waals surface area contributed by atoms with Crippen molar-refractivity contribution in [2.45, 2.75) is 6.92 Å². The van der Waals surface area contributed by atoms with Gasteiger partial charge in [0.2, 0.25) is 0 Å². The molecule has 0 saturated heterocycles. The van der Waals surface area contributed by atoms with Crippen LogP contribution in [0.2, 0.25) is 0 Å². The van der Waals surface area contributed by atoms with Crippen LogP contribution in [0.5, 0.6) is 5.75 Å². The highest BCUT2D eigenvalue weighted by Crippen LogP contribution is 2.34. The summed E-state index contributed by atoms with van der Waals surface area (Å²) in [6.07, 6.45) is 0. The minimum Gasteiger partial charge on any atom is -0.497 e. The molecular formula is C17H14O3. The van der Waals surface area contributed by atoms with E-state index in [0.717, 1.165) is 22.3 Å². The molecule has 0 aliphatic carbocycles. The van der Waals surface area contributed by atoms with Gasteiger partial charge in [-0.3, -0.25) is 4.79 Å². The summed E-state index contributed by atoms with van der Waals surface area (Å²) >= 11 is 0. The van der Waals surface area contributed by atoms with Crippen molar-refractivity contribution in [1.82, 2.24) is 0 Å². The zero-order valence-corrected chi connectivity index (χ0v) is 11.3. The van der Waals surface area contributed by atoms with Crippen molar-refractivity contribution in [3.05, 3.63) is 54.1 Å². The van der Waals surface area contributed by atoms with Crippen molar-refractivity contribution in [3.8, 4) is 17.1 Å². The van der Waals surface area contributed by atoms with E-state index in [2.05, 4.69) is 0 Å². The van der Waals surface area contributed by atoms with Gasteiger partial charge in [-0.25, -0.2) is 0 Å². The third kappa shape index (κ3) is 1.97. The first kappa shape index (κ1) is 12.5. The second kappa shape index (κ2) is 4.85. The predicted octanol–water partition coefficient (Wildman–Crippen LogP) is 4.31. The number of ketones is 1. The molecule has 0 fully saturated rings. The normalized spacial score (nSPS) is 10.7. The number of carbonyl (C=O) groups is 1. The Morgan fingerprint density at radius 3 is 2.40 bits per heavy atom. The van der Waals surface area contributed by atoms with E-state index in [4.69, 9.17) is 9.15 Å². The molecule has 3 heteroatoms. The Kier molecular flexibility index (Phi) is 3.03. The molecule has 1 heterocycles. The maximum atomic E-state index is 12.0. The Balaban J connectivity index is 2.23. The molecule has 100 valence electrons. The summed E-state index contributed by atoms with van der Waals surface area (Å²) in [5.41, 5.74) is 2.22. The second-order valence-corrected chi connectivity index (χ2v) is 4.59. The molecule has 0 spiro atoms. The van der Waals surface area contributed by atoms with Crippen LogP contribution in [0.4, 0.5) is 0 Å². The van der Waals surface area contributed by atoms with Gasteiger partial charge in [0.05, 0.1) is 12.7 Å². The molecule has 0 amide bonds. The average molecular weight is 266 g/mol. The fourth-order valence-electron chi connectivity index (χ4n) is 2.34. The smallest absolute Gasteiger partial charge is 0.164 e. The van der Waals surface area contributed by atoms with E-state index in [1.165, 1.54) is 0 Å². The van der Waals surface area contributed by atoms with Crippen LogP contribution in [-0.4, -0.2) is 12.9 Å². The number of furan rings is 1. The van der Waals surface area contributed by atoms with Crippen LogP contribution >= 0.6 is 0 Å². The standard InChI is InChI=1S/C17H14O3/c1-11(18)16-14-5-3-4-6-15(14)20-17(16)12-7-9-13(19-2)10-8-12/h3-10H,1-2H3. The molecular weight excluding hydrogens is 252 g/mol. The van der Waals surface area contributed by atoms with Crippen molar-refractivity contribution >= 4 is 16.8 Å². The Hall–Kier alpha value is -2.55. The maximum absolute atomic E-state index is 12.0. The second-order valence-electron chi connectivity index (χ2n) is 4.59. The van der Waals surface area contributed by atoms with Gasteiger partial charge in [0, 0.05) is 10.9 Å². The Labute approximate surface area is 116 Å². The summed E-state index contributed by atoms with van der Waals surface area (Å²) in [6, 6.07) is 15.1. The van der Waals surface area contributed by atoms with Gasteiger partial charge in [-0.05, 0) is 37.3 Å². The number of rotatable bonds is 3. The molecule has 0 saturated carbocycles. The summed E-state index contributed by atoms with van der Waals surface area (Å²) < 4.78 is 11.0. The van der Waals surface area contributed by atoms with Gasteiger partial charge in [-0.2, -0.15) is 0 Å². The number of hydrogen-bond acceptors (Lipinski definition) is 3. The van der Waals surface area contributed by atoms with Gasteiger partial charge in [0.15, 0.2) is 5.78 Å². The molecule has 2 aromatic carbocycles. The summed E-state index contributed by atoms with van der Waals surface area (Å²) in [5.74, 6) is 1.39. The molecule has 1 aromatic heterocycles. The number of hydrogen-bond donors (Lipinski definition) is 0. The van der Waals surface area contributed by atoms with Gasteiger partial charge < -0.3 is 9.15 Å². The van der Waals surface area contributed by atoms with E-state index < -0.39 is 0 Å². The van der Waals surface area contributed by atoms with Crippen LogP contribution in [-0.2, 0) is 0 Å². The Morgan fingerprint density at radius 2 is 1.75 bits per heavy atom. The lowest BCUT2D eigenvalue weighted by Crippen LogP contribution is -1.93. The topological polar surface area (TPSA) is 39.4 Å². The number of para-hydroxylation sites is 1. The van der Waals surface area contributed by atoms with Crippen molar-refractivity contribution in [2.24, 2.45) is 0 Å². The van der Waals surface area contributed by atoms with E-state index in [1.807, 2.05) is 48.5 Å². The van der Waals surface area contributed by atoms with Crippen LogP contribution in [0.15, 0.2) is 52.9 Å². The van der Waals surface area contributed by atoms with E-state index >= 15 is 0 Å². The third-order valence-electron chi connectivity index (χ3n) is 3.30. The Bertz CT molecular complexity index is 767. The van der Waals surface area contributed by atoms with Crippen LogP contribution in [0.3, 0.4) is 0 Å². The minimum atomic E-state index is 0.000711. The lowest BCUT2D eigenvalue weighted by atomic mass is 10.0. The monoisotopic (exact) mass is 266 g/mol. The lowest BCUT2D eigenvalue weighted by Gasteiger charge is -2.02. The van der Waals surface area contributed by atoms with Crippen molar-refractivity contribution in [3.63, 3.8) is 0 Å². The minimum absolute atomic E-state index is 0.000711. The number of benzene rings is 2. The van der Waals surface area contributed by atoms with Crippen molar-refractivity contribution in [1.29, 1.82) is 0 Å². The first-order valence-corrected chi connectivity index (χ1v) is 6.37. The SMILES string of the molecule is COc1ccc(-c2oc3ccccc3c2C(C)=O)cc1. The maximum Gasteiger partial charge on any atom is 0.164 e. The zero-order chi connectivity index (χ0) is 14.1. The molecule has 0 aliphatic heterocycles. The molecule has 0 bridgehead atoms. The van der Waals surface area contributed by atoms with E-state index in [1.54, 1.807) is 14.0 Å². The molecule has 0 aliphatic rings. The largest absolute Gasteiger partial charge is 0.497 e. The molecule has 0 atom stereocenters. The Morgan fingerprint density at radius 1 is 1.05 bits per heavy atom. The summed E-state index contributed by atoms with van der Waals surface area (Å²) in [6.45, 7) is 1.56. The van der Waals surface area contributed by atoms with Crippen molar-refractivity contribution in [2.75, 3.05) is 7.11 Å². The highest BCUT2D eigenvalue weighted by atomic mass is 16.5. The van der Waals surface area contributed by atoms with Gasteiger partial charge in [-0.1, -0.05) is 18.2 Å².